The van der Waals surface area contributed by atoms with Gasteiger partial charge >= 0.3 is 0 Å². The lowest BCUT2D eigenvalue weighted by Gasteiger charge is -2.11. The average molecular weight is 473 g/mol. The van der Waals surface area contributed by atoms with Gasteiger partial charge in [0.2, 0.25) is 0 Å². The lowest BCUT2D eigenvalue weighted by Crippen LogP contribution is -2.11. The van der Waals surface area contributed by atoms with Gasteiger partial charge in [-0.3, -0.25) is 4.79 Å². The zero-order chi connectivity index (χ0) is 25.0. The van der Waals surface area contributed by atoms with Crippen molar-refractivity contribution < 1.29 is 24.1 Å². The molecule has 35 heavy (non-hydrogen) atoms. The Balaban J connectivity index is 0.00000108. The number of benzene rings is 3. The minimum Gasteiger partial charge on any atom is -0.493 e. The summed E-state index contributed by atoms with van der Waals surface area (Å²) in [6, 6.07) is 23.6. The summed E-state index contributed by atoms with van der Waals surface area (Å²) >= 11 is 0. The maximum absolute atomic E-state index is 9.18. The number of nitrogens with zero attached hydrogens (tertiary/aromatic N) is 1. The highest BCUT2D eigenvalue weighted by Gasteiger charge is 2.14. The van der Waals surface area contributed by atoms with Gasteiger partial charge in [0.15, 0.2) is 0 Å². The van der Waals surface area contributed by atoms with Crippen LogP contribution in [0, 0.1) is 16.7 Å². The zero-order valence-corrected chi connectivity index (χ0v) is 19.6. The SMILES string of the molecule is CCC(C#N)c1ccc(OCc2ccc(OCC(=N)c3ccc4c(c3)CCO4)cc2)cc1.O=CO. The maximum Gasteiger partial charge on any atom is 0.290 e. The van der Waals surface area contributed by atoms with Gasteiger partial charge in [-0.25, -0.2) is 0 Å². The Morgan fingerprint density at radius 2 is 1.77 bits per heavy atom. The van der Waals surface area contributed by atoms with Gasteiger partial charge in [0.1, 0.15) is 30.5 Å². The number of fused-ring (bicyclic) bond motifs is 1. The molecule has 4 rings (SSSR count). The molecule has 0 aliphatic carbocycles. The van der Waals surface area contributed by atoms with Crippen LogP contribution in [0.5, 0.6) is 17.2 Å². The second kappa shape index (κ2) is 12.8. The Morgan fingerprint density at radius 3 is 2.43 bits per heavy atom. The number of ether oxygens (including phenoxy) is 3. The topological polar surface area (TPSA) is 113 Å². The van der Waals surface area contributed by atoms with E-state index in [0.29, 0.717) is 18.9 Å². The molecule has 3 aromatic carbocycles. The summed E-state index contributed by atoms with van der Waals surface area (Å²) in [6.07, 6.45) is 1.69. The van der Waals surface area contributed by atoms with Crippen molar-refractivity contribution in [2.45, 2.75) is 32.3 Å². The number of nitriles is 1. The molecule has 0 spiro atoms. The van der Waals surface area contributed by atoms with Crippen LogP contribution < -0.4 is 14.2 Å². The van der Waals surface area contributed by atoms with Crippen LogP contribution in [0.3, 0.4) is 0 Å². The predicted octanol–water partition coefficient (Wildman–Crippen LogP) is 5.37. The average Bonchev–Trinajstić information content (AvgIpc) is 3.37. The highest BCUT2D eigenvalue weighted by molar-refractivity contribution is 5.99. The predicted molar refractivity (Wildman–Crippen MR) is 133 cm³/mol. The third kappa shape index (κ3) is 7.08. The van der Waals surface area contributed by atoms with Crippen molar-refractivity contribution in [2.24, 2.45) is 0 Å². The molecule has 0 bridgehead atoms. The number of hydrogen-bond donors (Lipinski definition) is 2. The van der Waals surface area contributed by atoms with Crippen LogP contribution in [0.15, 0.2) is 66.7 Å². The lowest BCUT2D eigenvalue weighted by molar-refractivity contribution is -0.122. The summed E-state index contributed by atoms with van der Waals surface area (Å²) in [5.41, 5.74) is 4.50. The van der Waals surface area contributed by atoms with Gasteiger partial charge in [0.25, 0.3) is 6.47 Å². The number of hydrogen-bond acceptors (Lipinski definition) is 6. The van der Waals surface area contributed by atoms with E-state index in [4.69, 9.17) is 29.5 Å². The molecule has 0 aromatic heterocycles. The minimum atomic E-state index is -0.250. The first kappa shape index (κ1) is 25.3. The Bertz CT molecular complexity index is 1170. The fourth-order valence-corrected chi connectivity index (χ4v) is 3.66. The third-order valence-corrected chi connectivity index (χ3v) is 5.60. The molecular weight excluding hydrogens is 444 g/mol. The van der Waals surface area contributed by atoms with Crippen LogP contribution in [-0.4, -0.2) is 30.5 Å². The van der Waals surface area contributed by atoms with Crippen LogP contribution >= 0.6 is 0 Å². The number of nitrogens with one attached hydrogen (secondary N) is 1. The number of rotatable bonds is 9. The summed E-state index contributed by atoms with van der Waals surface area (Å²) in [4.78, 5) is 8.36. The van der Waals surface area contributed by atoms with E-state index in [1.807, 2.05) is 73.7 Å². The van der Waals surface area contributed by atoms with Crippen LogP contribution in [0.4, 0.5) is 0 Å². The van der Waals surface area contributed by atoms with Crippen molar-refractivity contribution in [1.82, 2.24) is 0 Å². The molecule has 1 heterocycles. The lowest BCUT2D eigenvalue weighted by atomic mass is 9.98. The zero-order valence-electron chi connectivity index (χ0n) is 19.6. The molecule has 180 valence electrons. The number of carboxylic acid groups (broad SMARTS) is 1. The van der Waals surface area contributed by atoms with E-state index in [1.165, 1.54) is 0 Å². The second-order valence-corrected chi connectivity index (χ2v) is 7.89. The molecule has 2 N–H and O–H groups in total. The molecule has 0 fully saturated rings. The van der Waals surface area contributed by atoms with Crippen molar-refractivity contribution >= 4 is 12.2 Å². The maximum atomic E-state index is 9.18. The Hall–Kier alpha value is -4.31. The summed E-state index contributed by atoms with van der Waals surface area (Å²) in [5, 5.41) is 24.4. The van der Waals surface area contributed by atoms with Gasteiger partial charge in [0, 0.05) is 6.42 Å². The molecular formula is C28H28N2O5. The van der Waals surface area contributed by atoms with Crippen molar-refractivity contribution in [3.05, 3.63) is 89.0 Å². The van der Waals surface area contributed by atoms with Gasteiger partial charge in [-0.15, -0.1) is 0 Å². The van der Waals surface area contributed by atoms with Gasteiger partial charge in [0.05, 0.1) is 24.3 Å². The summed E-state index contributed by atoms with van der Waals surface area (Å²) in [6.45, 7) is 3.13. The first-order valence-corrected chi connectivity index (χ1v) is 11.3. The molecule has 1 aliphatic rings. The van der Waals surface area contributed by atoms with Crippen LogP contribution in [0.25, 0.3) is 0 Å². The fourth-order valence-electron chi connectivity index (χ4n) is 3.66. The van der Waals surface area contributed by atoms with Gasteiger partial charge in [-0.05, 0) is 71.1 Å². The van der Waals surface area contributed by atoms with Crippen molar-refractivity contribution in [3.63, 3.8) is 0 Å². The molecule has 3 aromatic rings. The second-order valence-electron chi connectivity index (χ2n) is 7.89. The van der Waals surface area contributed by atoms with E-state index >= 15 is 0 Å². The Labute approximate surface area is 205 Å². The van der Waals surface area contributed by atoms with Gasteiger partial charge in [-0.2, -0.15) is 5.26 Å². The van der Waals surface area contributed by atoms with Gasteiger partial charge in [-0.1, -0.05) is 31.2 Å². The van der Waals surface area contributed by atoms with Crippen molar-refractivity contribution in [1.29, 1.82) is 10.7 Å². The molecule has 1 aliphatic heterocycles. The summed E-state index contributed by atoms with van der Waals surface area (Å²) < 4.78 is 17.2. The van der Waals surface area contributed by atoms with Crippen molar-refractivity contribution in [3.8, 4) is 23.3 Å². The van der Waals surface area contributed by atoms with Gasteiger partial charge < -0.3 is 24.7 Å². The molecule has 7 nitrogen and oxygen atoms in total. The van der Waals surface area contributed by atoms with E-state index in [-0.39, 0.29) is 19.0 Å². The highest BCUT2D eigenvalue weighted by Crippen LogP contribution is 2.26. The summed E-state index contributed by atoms with van der Waals surface area (Å²) in [5.74, 6) is 2.34. The van der Waals surface area contributed by atoms with E-state index in [0.717, 1.165) is 52.3 Å². The van der Waals surface area contributed by atoms with E-state index in [9.17, 15) is 5.26 Å². The molecule has 0 amide bonds. The van der Waals surface area contributed by atoms with E-state index in [2.05, 4.69) is 6.07 Å². The number of carbonyl (C=O) groups is 1. The normalized spacial score (nSPS) is 12.1. The van der Waals surface area contributed by atoms with Crippen LogP contribution in [-0.2, 0) is 17.8 Å². The Kier molecular flexibility index (Phi) is 9.26. The smallest absolute Gasteiger partial charge is 0.290 e. The summed E-state index contributed by atoms with van der Waals surface area (Å²) in [7, 11) is 0. The first-order valence-electron chi connectivity index (χ1n) is 11.3. The molecule has 0 radical (unpaired) electrons. The monoisotopic (exact) mass is 472 g/mol. The van der Waals surface area contributed by atoms with E-state index in [1.54, 1.807) is 0 Å². The Morgan fingerprint density at radius 1 is 1.11 bits per heavy atom. The molecule has 7 heteroatoms. The molecule has 1 atom stereocenters. The largest absolute Gasteiger partial charge is 0.493 e. The highest BCUT2D eigenvalue weighted by atomic mass is 16.5. The standard InChI is InChI=1S/C27H26N2O3.CH2O2/c1-2-20(16-28)21-5-10-25(11-6-21)31-17-19-3-8-24(9-4-19)32-18-26(29)22-7-12-27-23(15-22)13-14-30-27;2-1-3/h3-12,15,20,29H,2,13-14,17-18H2,1H3;1H,(H,2,3). The molecule has 0 saturated carbocycles. The first-order chi connectivity index (χ1) is 17.1. The molecule has 1 unspecified atom stereocenters. The minimum absolute atomic E-state index is 0.0743. The third-order valence-electron chi connectivity index (χ3n) is 5.60. The van der Waals surface area contributed by atoms with E-state index < -0.39 is 0 Å². The molecule has 0 saturated heterocycles. The van der Waals surface area contributed by atoms with Crippen LogP contribution in [0.1, 0.15) is 41.5 Å². The fraction of sp³-hybridized carbons (Fsp3) is 0.250. The quantitative estimate of drug-likeness (QED) is 0.320. The van der Waals surface area contributed by atoms with Crippen LogP contribution in [0.2, 0.25) is 0 Å². The van der Waals surface area contributed by atoms with Crippen molar-refractivity contribution in [2.75, 3.05) is 13.2 Å².